The quantitative estimate of drug-likeness (QED) is 0.669. The minimum Gasteiger partial charge on any atom is -0.338 e. The van der Waals surface area contributed by atoms with Gasteiger partial charge < -0.3 is 10.2 Å². The molecule has 25 heavy (non-hydrogen) atoms. The summed E-state index contributed by atoms with van der Waals surface area (Å²) in [5.74, 6) is 0.927. The number of hydrogen-bond acceptors (Lipinski definition) is 4. The van der Waals surface area contributed by atoms with Crippen LogP contribution in [-0.2, 0) is 24.8 Å². The molecule has 0 radical (unpaired) electrons. The van der Waals surface area contributed by atoms with Gasteiger partial charge in [-0.3, -0.25) is 4.68 Å². The average molecular weight is 345 g/mol. The van der Waals surface area contributed by atoms with Crippen LogP contribution < -0.4 is 5.32 Å². The summed E-state index contributed by atoms with van der Waals surface area (Å²) in [7, 11) is 1.94. The van der Waals surface area contributed by atoms with Gasteiger partial charge in [0.1, 0.15) is 0 Å². The van der Waals surface area contributed by atoms with E-state index in [0.29, 0.717) is 31.5 Å². The molecule has 3 rings (SSSR count). The van der Waals surface area contributed by atoms with Gasteiger partial charge in [-0.25, -0.2) is 14.6 Å². The molecule has 2 heterocycles. The molecule has 136 valence electrons. The third-order valence-electron chi connectivity index (χ3n) is 5.58. The van der Waals surface area contributed by atoms with Crippen molar-refractivity contribution in [3.63, 3.8) is 0 Å². The van der Waals surface area contributed by atoms with E-state index >= 15 is 0 Å². The Hall–Kier alpha value is -2.14. The lowest BCUT2D eigenvalue weighted by molar-refractivity contribution is 0.184. The van der Waals surface area contributed by atoms with Crippen molar-refractivity contribution in [2.45, 2.75) is 45.6 Å². The Labute approximate surface area is 148 Å². The number of fused-ring (bicyclic) bond motifs is 1. The van der Waals surface area contributed by atoms with Crippen LogP contribution in [0.3, 0.4) is 0 Å². The van der Waals surface area contributed by atoms with Gasteiger partial charge in [-0.2, -0.15) is 5.10 Å². The van der Waals surface area contributed by atoms with E-state index in [2.05, 4.69) is 15.4 Å². The lowest BCUT2D eigenvalue weighted by Gasteiger charge is -2.31. The highest BCUT2D eigenvalue weighted by Crippen LogP contribution is 2.29. The fourth-order valence-corrected chi connectivity index (χ4v) is 4.22. The van der Waals surface area contributed by atoms with E-state index < -0.39 is 0 Å². The largest absolute Gasteiger partial charge is 0.338 e. The molecule has 0 bridgehead atoms. The van der Waals surface area contributed by atoms with Crippen molar-refractivity contribution in [1.29, 1.82) is 0 Å². The van der Waals surface area contributed by atoms with E-state index in [-0.39, 0.29) is 6.03 Å². The van der Waals surface area contributed by atoms with E-state index in [1.54, 1.807) is 6.08 Å². The molecule has 1 saturated carbocycles. The zero-order valence-electron chi connectivity index (χ0n) is 15.1. The highest BCUT2D eigenvalue weighted by Gasteiger charge is 2.27. The van der Waals surface area contributed by atoms with Gasteiger partial charge in [0.05, 0.1) is 24.5 Å². The van der Waals surface area contributed by atoms with Crippen molar-refractivity contribution in [3.8, 4) is 0 Å². The van der Waals surface area contributed by atoms with Crippen LogP contribution in [0.25, 0.3) is 0 Å². The normalized spacial score (nSPS) is 22.9. The van der Waals surface area contributed by atoms with Gasteiger partial charge in [0.25, 0.3) is 0 Å². The van der Waals surface area contributed by atoms with Crippen molar-refractivity contribution >= 4 is 12.1 Å². The minimum atomic E-state index is 0.0116. The molecule has 1 aromatic heterocycles. The number of aliphatic imine (C=N–C) groups is 1. The van der Waals surface area contributed by atoms with Crippen molar-refractivity contribution < 1.29 is 9.59 Å². The van der Waals surface area contributed by atoms with Crippen LogP contribution >= 0.6 is 0 Å². The van der Waals surface area contributed by atoms with Crippen LogP contribution in [0.1, 0.15) is 42.6 Å². The second kappa shape index (κ2) is 7.83. The minimum absolute atomic E-state index is 0.0116. The van der Waals surface area contributed by atoms with E-state index in [9.17, 15) is 9.59 Å². The molecule has 2 unspecified atom stereocenters. The SMILES string of the molecule is Cc1nn(C)c2c1CCN(C(=O)NCC1CCCC(CN=C=O)C1)C2. The first-order valence-corrected chi connectivity index (χ1v) is 9.16. The summed E-state index contributed by atoms with van der Waals surface area (Å²) in [6, 6.07) is 0.0116. The summed E-state index contributed by atoms with van der Waals surface area (Å²) < 4.78 is 1.89. The summed E-state index contributed by atoms with van der Waals surface area (Å²) >= 11 is 0. The fraction of sp³-hybridized carbons (Fsp3) is 0.722. The van der Waals surface area contributed by atoms with Gasteiger partial charge in [-0.1, -0.05) is 6.42 Å². The van der Waals surface area contributed by atoms with Crippen molar-refractivity contribution in [2.75, 3.05) is 19.6 Å². The van der Waals surface area contributed by atoms with E-state index in [1.165, 1.54) is 5.56 Å². The molecule has 2 amide bonds. The van der Waals surface area contributed by atoms with Gasteiger partial charge in [0, 0.05) is 20.1 Å². The van der Waals surface area contributed by atoms with Gasteiger partial charge in [-0.15, -0.1) is 0 Å². The molecule has 0 spiro atoms. The number of nitrogens with zero attached hydrogens (tertiary/aromatic N) is 4. The molecule has 2 atom stereocenters. The number of amides is 2. The van der Waals surface area contributed by atoms with Crippen molar-refractivity contribution in [3.05, 3.63) is 17.0 Å². The predicted molar refractivity (Wildman–Crippen MR) is 93.9 cm³/mol. The number of hydrogen-bond donors (Lipinski definition) is 1. The van der Waals surface area contributed by atoms with Crippen LogP contribution in [0.4, 0.5) is 4.79 Å². The number of isocyanates is 1. The van der Waals surface area contributed by atoms with Crippen LogP contribution in [-0.4, -0.2) is 46.4 Å². The van der Waals surface area contributed by atoms with Gasteiger partial charge in [-0.05, 0) is 50.0 Å². The van der Waals surface area contributed by atoms with E-state index in [0.717, 1.165) is 50.0 Å². The first kappa shape index (κ1) is 17.7. The first-order chi connectivity index (χ1) is 12.1. The fourth-order valence-electron chi connectivity index (χ4n) is 4.22. The lowest BCUT2D eigenvalue weighted by Crippen LogP contribution is -2.45. The number of aromatic nitrogens is 2. The maximum Gasteiger partial charge on any atom is 0.317 e. The average Bonchev–Trinajstić information content (AvgIpc) is 2.92. The predicted octanol–water partition coefficient (Wildman–Crippen LogP) is 1.94. The maximum absolute atomic E-state index is 12.5. The number of nitrogens with one attached hydrogen (secondary N) is 1. The molecule has 0 saturated heterocycles. The molecule has 7 heteroatoms. The second-order valence-electron chi connectivity index (χ2n) is 7.32. The molecule has 1 aromatic rings. The number of rotatable bonds is 4. The Morgan fingerprint density at radius 2 is 2.20 bits per heavy atom. The molecular formula is C18H27N5O2. The molecule has 1 N–H and O–H groups in total. The summed E-state index contributed by atoms with van der Waals surface area (Å²) in [5.41, 5.74) is 3.50. The number of aryl methyl sites for hydroxylation is 2. The van der Waals surface area contributed by atoms with Crippen LogP contribution in [0.2, 0.25) is 0 Å². The third kappa shape index (κ3) is 4.10. The number of carbonyl (C=O) groups excluding carboxylic acids is 2. The van der Waals surface area contributed by atoms with Gasteiger partial charge in [0.2, 0.25) is 6.08 Å². The Balaban J connectivity index is 1.50. The van der Waals surface area contributed by atoms with Crippen LogP contribution in [0.15, 0.2) is 4.99 Å². The highest BCUT2D eigenvalue weighted by atomic mass is 16.2. The third-order valence-corrected chi connectivity index (χ3v) is 5.58. The van der Waals surface area contributed by atoms with Crippen molar-refractivity contribution in [1.82, 2.24) is 20.0 Å². The molecule has 1 fully saturated rings. The monoisotopic (exact) mass is 345 g/mol. The zero-order valence-corrected chi connectivity index (χ0v) is 15.1. The molecule has 0 aromatic carbocycles. The molecular weight excluding hydrogens is 318 g/mol. The van der Waals surface area contributed by atoms with E-state index in [1.807, 2.05) is 23.6 Å². The Bertz CT molecular complexity index is 677. The number of carbonyl (C=O) groups is 1. The Morgan fingerprint density at radius 1 is 1.40 bits per heavy atom. The smallest absolute Gasteiger partial charge is 0.317 e. The highest BCUT2D eigenvalue weighted by molar-refractivity contribution is 5.74. The summed E-state index contributed by atoms with van der Waals surface area (Å²) in [4.78, 5) is 28.4. The molecule has 7 nitrogen and oxygen atoms in total. The summed E-state index contributed by atoms with van der Waals surface area (Å²) in [5, 5.41) is 7.57. The Morgan fingerprint density at radius 3 is 3.00 bits per heavy atom. The number of urea groups is 1. The lowest BCUT2D eigenvalue weighted by atomic mass is 9.81. The van der Waals surface area contributed by atoms with E-state index in [4.69, 9.17) is 0 Å². The van der Waals surface area contributed by atoms with Crippen molar-refractivity contribution in [2.24, 2.45) is 23.9 Å². The standard InChI is InChI=1S/C18H27N5O2/c1-13-16-6-7-23(11-17(16)22(2)21-13)18(25)20-10-15-5-3-4-14(8-15)9-19-12-24/h14-15H,3-11H2,1-2H3,(H,20,25). The molecule has 1 aliphatic carbocycles. The second-order valence-corrected chi connectivity index (χ2v) is 7.32. The zero-order chi connectivity index (χ0) is 17.8. The summed E-state index contributed by atoms with van der Waals surface area (Å²) in [6.07, 6.45) is 6.91. The van der Waals surface area contributed by atoms with Gasteiger partial charge in [0.15, 0.2) is 0 Å². The van der Waals surface area contributed by atoms with Gasteiger partial charge >= 0.3 is 6.03 Å². The molecule has 2 aliphatic rings. The van der Waals surface area contributed by atoms with Crippen LogP contribution in [0.5, 0.6) is 0 Å². The molecule has 1 aliphatic heterocycles. The summed E-state index contributed by atoms with van der Waals surface area (Å²) in [6.45, 7) is 4.67. The maximum atomic E-state index is 12.5. The van der Waals surface area contributed by atoms with Crippen LogP contribution in [0, 0.1) is 18.8 Å². The Kier molecular flexibility index (Phi) is 5.53. The first-order valence-electron chi connectivity index (χ1n) is 9.16. The topological polar surface area (TPSA) is 79.6 Å².